The van der Waals surface area contributed by atoms with Gasteiger partial charge in [-0.25, -0.2) is 9.97 Å². The first-order chi connectivity index (χ1) is 10.6. The fourth-order valence-electron chi connectivity index (χ4n) is 2.45. The van der Waals surface area contributed by atoms with Gasteiger partial charge in [-0.05, 0) is 22.4 Å². The number of morpholine rings is 1. The molecule has 0 bridgehead atoms. The molecule has 0 spiro atoms. The molecule has 2 fully saturated rings. The summed E-state index contributed by atoms with van der Waals surface area (Å²) in [6.45, 7) is 2.46. The summed E-state index contributed by atoms with van der Waals surface area (Å²) in [5, 5.41) is 0. The van der Waals surface area contributed by atoms with E-state index in [1.807, 2.05) is 0 Å². The lowest BCUT2D eigenvalue weighted by Crippen LogP contribution is -2.48. The van der Waals surface area contributed by atoms with Gasteiger partial charge in [0.2, 0.25) is 0 Å². The zero-order chi connectivity index (χ0) is 15.6. The molecular formula is C12H17BrN4O4S. The largest absolute Gasteiger partial charge is 0.459 e. The number of rotatable bonds is 4. The highest BCUT2D eigenvalue weighted by Crippen LogP contribution is 2.21. The van der Waals surface area contributed by atoms with Crippen molar-refractivity contribution in [2.75, 3.05) is 39.4 Å². The van der Waals surface area contributed by atoms with E-state index in [0.29, 0.717) is 45.8 Å². The lowest BCUT2D eigenvalue weighted by Gasteiger charge is -2.29. The molecule has 122 valence electrons. The third kappa shape index (κ3) is 3.57. The highest BCUT2D eigenvalue weighted by atomic mass is 79.9. The van der Waals surface area contributed by atoms with Gasteiger partial charge < -0.3 is 9.47 Å². The van der Waals surface area contributed by atoms with Gasteiger partial charge in [-0.3, -0.25) is 0 Å². The molecule has 1 atom stereocenters. The molecule has 2 aliphatic heterocycles. The molecule has 3 rings (SSSR count). The number of aromatic nitrogens is 2. The van der Waals surface area contributed by atoms with E-state index >= 15 is 0 Å². The molecule has 0 N–H and O–H groups in total. The maximum atomic E-state index is 12.5. The smallest absolute Gasteiger partial charge is 0.316 e. The van der Waals surface area contributed by atoms with Gasteiger partial charge in [-0.15, -0.1) is 0 Å². The topological polar surface area (TPSA) is 84.9 Å². The Morgan fingerprint density at radius 1 is 1.18 bits per heavy atom. The van der Waals surface area contributed by atoms with Gasteiger partial charge in [0, 0.05) is 32.0 Å². The van der Waals surface area contributed by atoms with Crippen molar-refractivity contribution in [2.24, 2.45) is 0 Å². The second-order valence-corrected chi connectivity index (χ2v) is 7.93. The van der Waals surface area contributed by atoms with Gasteiger partial charge in [0.1, 0.15) is 6.10 Å². The SMILES string of the molecule is O=S(=O)(N1CCOCC1)N1CC[C@H](Oc2ncc(Br)cn2)C1. The summed E-state index contributed by atoms with van der Waals surface area (Å²) in [5.41, 5.74) is 0. The van der Waals surface area contributed by atoms with Crippen LogP contribution in [0.2, 0.25) is 0 Å². The summed E-state index contributed by atoms with van der Waals surface area (Å²) < 4.78 is 39.6. The average molecular weight is 393 g/mol. The first kappa shape index (κ1) is 16.1. The summed E-state index contributed by atoms with van der Waals surface area (Å²) in [6.07, 6.45) is 3.60. The Kier molecular flexibility index (Phi) is 4.93. The normalized spacial score (nSPS) is 24.5. The molecule has 0 radical (unpaired) electrons. The molecule has 10 heteroatoms. The van der Waals surface area contributed by atoms with E-state index in [2.05, 4.69) is 25.9 Å². The predicted octanol–water partition coefficient (Wildman–Crippen LogP) is 0.269. The second kappa shape index (κ2) is 6.75. The summed E-state index contributed by atoms with van der Waals surface area (Å²) >= 11 is 3.25. The van der Waals surface area contributed by atoms with Gasteiger partial charge in [0.15, 0.2) is 0 Å². The molecule has 0 unspecified atom stereocenters. The summed E-state index contributed by atoms with van der Waals surface area (Å²) in [5.74, 6) is 0. The monoisotopic (exact) mass is 392 g/mol. The highest BCUT2D eigenvalue weighted by Gasteiger charge is 2.37. The Hall–Kier alpha value is -0.810. The van der Waals surface area contributed by atoms with E-state index < -0.39 is 10.2 Å². The van der Waals surface area contributed by atoms with Crippen LogP contribution in [0.4, 0.5) is 0 Å². The molecule has 1 aromatic heterocycles. The van der Waals surface area contributed by atoms with Crippen LogP contribution in [-0.4, -0.2) is 72.5 Å². The fraction of sp³-hybridized carbons (Fsp3) is 0.667. The molecule has 0 aromatic carbocycles. The number of nitrogens with zero attached hydrogens (tertiary/aromatic N) is 4. The Bertz CT molecular complexity index is 606. The standard InChI is InChI=1S/C12H17BrN4O4S/c13-10-7-14-12(15-8-10)21-11-1-2-17(9-11)22(18,19)16-3-5-20-6-4-16/h7-8,11H,1-6,9H2/t11-/m0/s1. The van der Waals surface area contributed by atoms with Crippen molar-refractivity contribution in [3.63, 3.8) is 0 Å². The molecular weight excluding hydrogens is 376 g/mol. The number of ether oxygens (including phenoxy) is 2. The first-order valence-corrected chi connectivity index (χ1v) is 9.22. The van der Waals surface area contributed by atoms with Crippen molar-refractivity contribution in [3.8, 4) is 6.01 Å². The van der Waals surface area contributed by atoms with Crippen LogP contribution in [0.1, 0.15) is 6.42 Å². The Balaban J connectivity index is 1.60. The van der Waals surface area contributed by atoms with Crippen molar-refractivity contribution in [1.29, 1.82) is 0 Å². The van der Waals surface area contributed by atoms with Crippen LogP contribution in [0.3, 0.4) is 0 Å². The van der Waals surface area contributed by atoms with Gasteiger partial charge in [0.05, 0.1) is 24.2 Å². The van der Waals surface area contributed by atoms with Crippen LogP contribution in [0.25, 0.3) is 0 Å². The molecule has 3 heterocycles. The molecule has 1 aromatic rings. The minimum Gasteiger partial charge on any atom is -0.459 e. The van der Waals surface area contributed by atoms with Crippen molar-refractivity contribution >= 4 is 26.1 Å². The van der Waals surface area contributed by atoms with Gasteiger partial charge in [0.25, 0.3) is 10.2 Å². The van der Waals surface area contributed by atoms with Crippen LogP contribution in [0.15, 0.2) is 16.9 Å². The zero-order valence-corrected chi connectivity index (χ0v) is 14.3. The van der Waals surface area contributed by atoms with Crippen molar-refractivity contribution in [3.05, 3.63) is 16.9 Å². The van der Waals surface area contributed by atoms with E-state index in [1.54, 1.807) is 12.4 Å². The highest BCUT2D eigenvalue weighted by molar-refractivity contribution is 9.10. The molecule has 2 saturated heterocycles. The molecule has 0 aliphatic carbocycles. The lowest BCUT2D eigenvalue weighted by molar-refractivity contribution is 0.0703. The van der Waals surface area contributed by atoms with Crippen LogP contribution in [0, 0.1) is 0 Å². The molecule has 0 amide bonds. The van der Waals surface area contributed by atoms with Crippen LogP contribution >= 0.6 is 15.9 Å². The third-order valence-corrected chi connectivity index (χ3v) is 6.01. The third-order valence-electron chi connectivity index (χ3n) is 3.60. The number of halogens is 1. The van der Waals surface area contributed by atoms with Gasteiger partial charge in [-0.1, -0.05) is 0 Å². The number of hydrogen-bond acceptors (Lipinski definition) is 6. The fourth-order valence-corrected chi connectivity index (χ4v) is 4.29. The summed E-state index contributed by atoms with van der Waals surface area (Å²) in [7, 11) is -3.44. The molecule has 0 saturated carbocycles. The van der Waals surface area contributed by atoms with Crippen molar-refractivity contribution in [1.82, 2.24) is 18.6 Å². The van der Waals surface area contributed by atoms with E-state index in [-0.39, 0.29) is 12.1 Å². The van der Waals surface area contributed by atoms with E-state index in [9.17, 15) is 8.42 Å². The predicted molar refractivity (Wildman–Crippen MR) is 81.6 cm³/mol. The minimum atomic E-state index is -3.44. The van der Waals surface area contributed by atoms with E-state index in [1.165, 1.54) is 8.61 Å². The van der Waals surface area contributed by atoms with Crippen LogP contribution in [-0.2, 0) is 14.9 Å². The molecule has 8 nitrogen and oxygen atoms in total. The van der Waals surface area contributed by atoms with Gasteiger partial charge in [-0.2, -0.15) is 17.0 Å². The maximum Gasteiger partial charge on any atom is 0.316 e. The average Bonchev–Trinajstić information content (AvgIpc) is 3.00. The van der Waals surface area contributed by atoms with E-state index in [4.69, 9.17) is 9.47 Å². The number of hydrogen-bond donors (Lipinski definition) is 0. The van der Waals surface area contributed by atoms with Gasteiger partial charge >= 0.3 is 6.01 Å². The van der Waals surface area contributed by atoms with E-state index in [0.717, 1.165) is 4.47 Å². The Morgan fingerprint density at radius 2 is 1.86 bits per heavy atom. The second-order valence-electron chi connectivity index (χ2n) is 5.09. The minimum absolute atomic E-state index is 0.225. The lowest BCUT2D eigenvalue weighted by atomic mass is 10.3. The zero-order valence-electron chi connectivity index (χ0n) is 11.9. The van der Waals surface area contributed by atoms with Crippen LogP contribution in [0.5, 0.6) is 6.01 Å². The van der Waals surface area contributed by atoms with Crippen LogP contribution < -0.4 is 4.74 Å². The summed E-state index contributed by atoms with van der Waals surface area (Å²) in [4.78, 5) is 8.09. The Labute approximate surface area is 137 Å². The summed E-state index contributed by atoms with van der Waals surface area (Å²) in [6, 6.07) is 0.263. The van der Waals surface area contributed by atoms with Crippen molar-refractivity contribution < 1.29 is 17.9 Å². The Morgan fingerprint density at radius 3 is 2.55 bits per heavy atom. The maximum absolute atomic E-state index is 12.5. The molecule has 22 heavy (non-hydrogen) atoms. The first-order valence-electron chi connectivity index (χ1n) is 7.03. The molecule has 2 aliphatic rings. The quantitative estimate of drug-likeness (QED) is 0.730. The van der Waals surface area contributed by atoms with Crippen molar-refractivity contribution in [2.45, 2.75) is 12.5 Å².